The summed E-state index contributed by atoms with van der Waals surface area (Å²) in [5.41, 5.74) is 1.20. The summed E-state index contributed by atoms with van der Waals surface area (Å²) < 4.78 is 7.53. The molecule has 112 valence electrons. The van der Waals surface area contributed by atoms with Gasteiger partial charge in [0.15, 0.2) is 5.82 Å². The number of rotatable bonds is 6. The third-order valence-corrected chi connectivity index (χ3v) is 3.73. The highest BCUT2D eigenvalue weighted by atomic mass is 16.5. The zero-order valence-electron chi connectivity index (χ0n) is 12.4. The minimum absolute atomic E-state index is 0.355. The molecule has 0 spiro atoms. The van der Waals surface area contributed by atoms with Crippen molar-refractivity contribution in [1.29, 1.82) is 0 Å². The maximum atomic E-state index is 5.67. The van der Waals surface area contributed by atoms with Crippen LogP contribution in [0.3, 0.4) is 0 Å². The lowest BCUT2D eigenvalue weighted by Gasteiger charge is -2.19. The van der Waals surface area contributed by atoms with Gasteiger partial charge in [0.1, 0.15) is 0 Å². The van der Waals surface area contributed by atoms with Crippen LogP contribution in [0.4, 0.5) is 0 Å². The van der Waals surface area contributed by atoms with Crippen LogP contribution in [0.15, 0.2) is 30.3 Å². The first-order chi connectivity index (χ1) is 10.3. The maximum Gasteiger partial charge on any atom is 0.165 e. The Labute approximate surface area is 124 Å². The van der Waals surface area contributed by atoms with E-state index in [4.69, 9.17) is 4.74 Å². The summed E-state index contributed by atoms with van der Waals surface area (Å²) in [6.07, 6.45) is 2.68. The fourth-order valence-corrected chi connectivity index (χ4v) is 2.66. The van der Waals surface area contributed by atoms with Crippen molar-refractivity contribution in [2.75, 3.05) is 20.2 Å². The molecule has 0 saturated carbocycles. The molecular weight excluding hydrogens is 266 g/mol. The first kappa shape index (κ1) is 14.2. The quantitative estimate of drug-likeness (QED) is 0.802. The van der Waals surface area contributed by atoms with E-state index in [1.165, 1.54) is 12.0 Å². The van der Waals surface area contributed by atoms with Crippen LogP contribution in [-0.4, -0.2) is 51.4 Å². The molecule has 0 amide bonds. The van der Waals surface area contributed by atoms with Crippen LogP contribution in [-0.2, 0) is 17.8 Å². The van der Waals surface area contributed by atoms with Crippen molar-refractivity contribution in [2.45, 2.75) is 32.0 Å². The lowest BCUT2D eigenvalue weighted by atomic mass is 10.2. The van der Waals surface area contributed by atoms with E-state index in [1.807, 2.05) is 22.9 Å². The van der Waals surface area contributed by atoms with E-state index in [-0.39, 0.29) is 0 Å². The summed E-state index contributed by atoms with van der Waals surface area (Å²) in [5, 5.41) is 12.0. The first-order valence-electron chi connectivity index (χ1n) is 7.40. The molecule has 6 nitrogen and oxygen atoms in total. The van der Waals surface area contributed by atoms with Crippen molar-refractivity contribution < 1.29 is 4.74 Å². The molecule has 0 N–H and O–H groups in total. The minimum atomic E-state index is 0.355. The molecule has 21 heavy (non-hydrogen) atoms. The topological polar surface area (TPSA) is 56.1 Å². The highest BCUT2D eigenvalue weighted by molar-refractivity contribution is 5.14. The Morgan fingerprint density at radius 2 is 2.19 bits per heavy atom. The molecule has 1 aromatic carbocycles. The van der Waals surface area contributed by atoms with Gasteiger partial charge in [0.2, 0.25) is 0 Å². The van der Waals surface area contributed by atoms with E-state index in [0.717, 1.165) is 31.9 Å². The molecule has 2 heterocycles. The van der Waals surface area contributed by atoms with Crippen molar-refractivity contribution in [3.63, 3.8) is 0 Å². The Bertz CT molecular complexity index is 550. The van der Waals surface area contributed by atoms with Gasteiger partial charge in [-0.2, -0.15) is 0 Å². The number of hydrogen-bond donors (Lipinski definition) is 0. The lowest BCUT2D eigenvalue weighted by Crippen LogP contribution is -2.29. The van der Waals surface area contributed by atoms with Crippen LogP contribution >= 0.6 is 0 Å². The van der Waals surface area contributed by atoms with Crippen LogP contribution in [0.1, 0.15) is 24.2 Å². The number of likely N-dealkylation sites (N-methyl/N-ethyl adjacent to an activating group) is 1. The Kier molecular flexibility index (Phi) is 4.57. The second-order valence-electron chi connectivity index (χ2n) is 5.57. The lowest BCUT2D eigenvalue weighted by molar-refractivity contribution is 0.0782. The van der Waals surface area contributed by atoms with Crippen LogP contribution in [0.5, 0.6) is 0 Å². The molecule has 1 fully saturated rings. The predicted molar refractivity (Wildman–Crippen MR) is 78.7 cm³/mol. The van der Waals surface area contributed by atoms with Crippen LogP contribution in [0.2, 0.25) is 0 Å². The Balaban J connectivity index is 1.59. The average Bonchev–Trinajstić information content (AvgIpc) is 3.13. The molecule has 1 aliphatic heterocycles. The molecule has 0 radical (unpaired) electrons. The summed E-state index contributed by atoms with van der Waals surface area (Å²) in [6.45, 7) is 3.26. The number of benzene rings is 1. The highest BCUT2D eigenvalue weighted by Crippen LogP contribution is 2.13. The molecule has 1 atom stereocenters. The van der Waals surface area contributed by atoms with Gasteiger partial charge in [0.05, 0.1) is 19.2 Å². The van der Waals surface area contributed by atoms with E-state index in [0.29, 0.717) is 12.6 Å². The van der Waals surface area contributed by atoms with E-state index in [9.17, 15) is 0 Å². The van der Waals surface area contributed by atoms with Crippen molar-refractivity contribution >= 4 is 0 Å². The number of nitrogens with zero attached hydrogens (tertiary/aromatic N) is 5. The van der Waals surface area contributed by atoms with Crippen LogP contribution < -0.4 is 0 Å². The number of aromatic nitrogens is 4. The normalized spacial score (nSPS) is 18.5. The Hall–Kier alpha value is -1.79. The van der Waals surface area contributed by atoms with Gasteiger partial charge in [-0.1, -0.05) is 30.3 Å². The van der Waals surface area contributed by atoms with Gasteiger partial charge in [-0.05, 0) is 35.9 Å². The number of hydrogen-bond acceptors (Lipinski definition) is 5. The highest BCUT2D eigenvalue weighted by Gasteiger charge is 2.18. The van der Waals surface area contributed by atoms with Crippen LogP contribution in [0, 0.1) is 0 Å². The van der Waals surface area contributed by atoms with Gasteiger partial charge in [0.25, 0.3) is 0 Å². The third kappa shape index (κ3) is 3.86. The van der Waals surface area contributed by atoms with Gasteiger partial charge in [-0.3, -0.25) is 4.90 Å². The monoisotopic (exact) mass is 287 g/mol. The molecule has 6 heteroatoms. The van der Waals surface area contributed by atoms with Crippen LogP contribution in [0.25, 0.3) is 0 Å². The Morgan fingerprint density at radius 3 is 2.95 bits per heavy atom. The van der Waals surface area contributed by atoms with Gasteiger partial charge in [-0.25, -0.2) is 4.68 Å². The van der Waals surface area contributed by atoms with Gasteiger partial charge in [0, 0.05) is 13.2 Å². The van der Waals surface area contributed by atoms with Crippen molar-refractivity contribution in [3.8, 4) is 0 Å². The molecule has 1 aliphatic rings. The second-order valence-corrected chi connectivity index (χ2v) is 5.57. The van der Waals surface area contributed by atoms with Gasteiger partial charge in [-0.15, -0.1) is 5.10 Å². The second kappa shape index (κ2) is 6.78. The Morgan fingerprint density at radius 1 is 1.33 bits per heavy atom. The van der Waals surface area contributed by atoms with Crippen molar-refractivity contribution in [3.05, 3.63) is 41.7 Å². The fraction of sp³-hybridized carbons (Fsp3) is 0.533. The molecule has 3 rings (SSSR count). The van der Waals surface area contributed by atoms with E-state index >= 15 is 0 Å². The van der Waals surface area contributed by atoms with Gasteiger partial charge >= 0.3 is 0 Å². The van der Waals surface area contributed by atoms with E-state index in [1.54, 1.807) is 0 Å². The zero-order chi connectivity index (χ0) is 14.5. The summed E-state index contributed by atoms with van der Waals surface area (Å²) in [7, 11) is 2.09. The fourth-order valence-electron chi connectivity index (χ4n) is 2.66. The predicted octanol–water partition coefficient (Wildman–Crippen LogP) is 1.33. The zero-order valence-corrected chi connectivity index (χ0v) is 12.4. The first-order valence-corrected chi connectivity index (χ1v) is 7.40. The summed E-state index contributed by atoms with van der Waals surface area (Å²) >= 11 is 0. The maximum absolute atomic E-state index is 5.67. The largest absolute Gasteiger partial charge is 0.377 e. The SMILES string of the molecule is CN(Cc1nnnn1Cc1ccccc1)C[C@H]1CCCO1. The smallest absolute Gasteiger partial charge is 0.165 e. The molecule has 0 bridgehead atoms. The minimum Gasteiger partial charge on any atom is -0.377 e. The van der Waals surface area contributed by atoms with Crippen molar-refractivity contribution in [2.24, 2.45) is 0 Å². The van der Waals surface area contributed by atoms with Crippen molar-refractivity contribution in [1.82, 2.24) is 25.1 Å². The van der Waals surface area contributed by atoms with E-state index < -0.39 is 0 Å². The number of ether oxygens (including phenoxy) is 1. The molecule has 1 aromatic heterocycles. The van der Waals surface area contributed by atoms with E-state index in [2.05, 4.69) is 39.6 Å². The number of tetrazole rings is 1. The molecular formula is C15H21N5O. The standard InChI is InChI=1S/C15H21N5O/c1-19(11-14-8-5-9-21-14)12-15-16-17-18-20(15)10-13-6-3-2-4-7-13/h2-4,6-7,14H,5,8-12H2,1H3/t14-/m1/s1. The molecule has 1 saturated heterocycles. The third-order valence-electron chi connectivity index (χ3n) is 3.73. The van der Waals surface area contributed by atoms with Gasteiger partial charge < -0.3 is 4.74 Å². The average molecular weight is 287 g/mol. The molecule has 0 unspecified atom stereocenters. The summed E-state index contributed by atoms with van der Waals surface area (Å²) in [6, 6.07) is 10.2. The molecule has 2 aromatic rings. The summed E-state index contributed by atoms with van der Waals surface area (Å²) in [5.74, 6) is 0.888. The molecule has 0 aliphatic carbocycles. The summed E-state index contributed by atoms with van der Waals surface area (Å²) in [4.78, 5) is 2.23.